The summed E-state index contributed by atoms with van der Waals surface area (Å²) in [4.78, 5) is 4.44. The van der Waals surface area contributed by atoms with Crippen LogP contribution in [0.1, 0.15) is 5.01 Å². The molecule has 0 aliphatic rings. The zero-order chi connectivity index (χ0) is 14.7. The van der Waals surface area contributed by atoms with E-state index in [1.165, 1.54) is 23.5 Å². The van der Waals surface area contributed by atoms with Crippen LogP contribution in [0.15, 0.2) is 53.9 Å². The molecule has 106 valence electrons. The van der Waals surface area contributed by atoms with Crippen molar-refractivity contribution in [2.24, 2.45) is 0 Å². The average molecular weight is 299 g/mol. The molecule has 3 aromatic rings. The molecule has 1 aromatic heterocycles. The lowest BCUT2D eigenvalue weighted by Crippen LogP contribution is -1.94. The first-order chi connectivity index (χ1) is 10.2. The second kappa shape index (κ2) is 5.85. The fraction of sp³-hybridized carbons (Fsp3) is 0.0625. The molecule has 21 heavy (non-hydrogen) atoms. The van der Waals surface area contributed by atoms with E-state index in [0.29, 0.717) is 17.9 Å². The summed E-state index contributed by atoms with van der Waals surface area (Å²) in [6, 6.07) is 14.0. The van der Waals surface area contributed by atoms with E-state index in [9.17, 15) is 10.2 Å². The molecule has 0 bridgehead atoms. The molecule has 0 unspecified atom stereocenters. The lowest BCUT2D eigenvalue weighted by Gasteiger charge is -2.03. The van der Waals surface area contributed by atoms with Gasteiger partial charge in [-0.3, -0.25) is 0 Å². The molecule has 1 heterocycles. The van der Waals surface area contributed by atoms with Crippen molar-refractivity contribution >= 4 is 11.3 Å². The summed E-state index contributed by atoms with van der Waals surface area (Å²) >= 11 is 1.47. The zero-order valence-corrected chi connectivity index (χ0v) is 11.9. The normalized spacial score (nSPS) is 10.5. The van der Waals surface area contributed by atoms with Crippen molar-refractivity contribution in [3.05, 3.63) is 58.9 Å². The van der Waals surface area contributed by atoms with Crippen LogP contribution < -0.4 is 4.74 Å². The van der Waals surface area contributed by atoms with Gasteiger partial charge in [0.05, 0.1) is 5.69 Å². The molecule has 2 N–H and O–H groups in total. The van der Waals surface area contributed by atoms with Crippen LogP contribution in [0.5, 0.6) is 17.2 Å². The van der Waals surface area contributed by atoms with Gasteiger partial charge in [-0.15, -0.1) is 11.3 Å². The average Bonchev–Trinajstić information content (AvgIpc) is 2.95. The molecule has 0 fully saturated rings. The highest BCUT2D eigenvalue weighted by atomic mass is 32.1. The third-order valence-corrected chi connectivity index (χ3v) is 3.74. The standard InChI is InChI=1S/C16H13NO3S/c18-11-6-7-13(15(19)8-11)14-10-21-16(17-14)9-20-12-4-2-1-3-5-12/h1-8,10,18-19H,9H2. The molecule has 0 aliphatic carbocycles. The first-order valence-electron chi connectivity index (χ1n) is 6.37. The molecule has 2 aromatic carbocycles. The van der Waals surface area contributed by atoms with Crippen LogP contribution in [0.4, 0.5) is 0 Å². The monoisotopic (exact) mass is 299 g/mol. The summed E-state index contributed by atoms with van der Waals surface area (Å²) in [6.07, 6.45) is 0. The molecule has 0 saturated carbocycles. The number of hydrogen-bond donors (Lipinski definition) is 2. The molecule has 0 saturated heterocycles. The first-order valence-corrected chi connectivity index (χ1v) is 7.25. The van der Waals surface area contributed by atoms with Crippen LogP contribution in [-0.4, -0.2) is 15.2 Å². The van der Waals surface area contributed by atoms with Crippen molar-refractivity contribution in [1.82, 2.24) is 4.98 Å². The topological polar surface area (TPSA) is 62.6 Å². The third kappa shape index (κ3) is 3.14. The minimum atomic E-state index is 0.0100. The van der Waals surface area contributed by atoms with Crippen LogP contribution in [0.3, 0.4) is 0 Å². The minimum absolute atomic E-state index is 0.0100. The minimum Gasteiger partial charge on any atom is -0.508 e. The Labute approximate surface area is 125 Å². The molecule has 4 nitrogen and oxygen atoms in total. The number of phenols is 2. The van der Waals surface area contributed by atoms with E-state index in [1.54, 1.807) is 6.07 Å². The summed E-state index contributed by atoms with van der Waals surface area (Å²) in [5.74, 6) is 0.830. The Morgan fingerprint density at radius 3 is 2.62 bits per heavy atom. The lowest BCUT2D eigenvalue weighted by atomic mass is 10.1. The number of ether oxygens (including phenoxy) is 1. The van der Waals surface area contributed by atoms with Crippen LogP contribution >= 0.6 is 11.3 Å². The molecule has 5 heteroatoms. The number of hydrogen-bond acceptors (Lipinski definition) is 5. The van der Waals surface area contributed by atoms with E-state index in [2.05, 4.69) is 4.98 Å². The lowest BCUT2D eigenvalue weighted by molar-refractivity contribution is 0.305. The zero-order valence-electron chi connectivity index (χ0n) is 11.1. The number of thiazole rings is 1. The number of rotatable bonds is 4. The first kappa shape index (κ1) is 13.5. The van der Waals surface area contributed by atoms with Gasteiger partial charge < -0.3 is 14.9 Å². The van der Waals surface area contributed by atoms with Gasteiger partial charge in [0.15, 0.2) is 0 Å². The highest BCUT2D eigenvalue weighted by Crippen LogP contribution is 2.32. The summed E-state index contributed by atoms with van der Waals surface area (Å²) in [5.41, 5.74) is 1.26. The van der Waals surface area contributed by atoms with Crippen molar-refractivity contribution < 1.29 is 14.9 Å². The number of nitrogens with zero attached hydrogens (tertiary/aromatic N) is 1. The Hall–Kier alpha value is -2.53. The van der Waals surface area contributed by atoms with Gasteiger partial charge in [0.25, 0.3) is 0 Å². The van der Waals surface area contributed by atoms with Gasteiger partial charge in [-0.1, -0.05) is 18.2 Å². The highest BCUT2D eigenvalue weighted by molar-refractivity contribution is 7.09. The van der Waals surface area contributed by atoms with Crippen molar-refractivity contribution in [3.8, 4) is 28.5 Å². The SMILES string of the molecule is Oc1ccc(-c2csc(COc3ccccc3)n2)c(O)c1. The number of aromatic hydroxyl groups is 2. The van der Waals surface area contributed by atoms with Crippen molar-refractivity contribution in [1.29, 1.82) is 0 Å². The Morgan fingerprint density at radius 2 is 1.86 bits per heavy atom. The van der Waals surface area contributed by atoms with E-state index >= 15 is 0 Å². The molecule has 0 amide bonds. The molecule has 0 atom stereocenters. The molecule has 0 aliphatic heterocycles. The summed E-state index contributed by atoms with van der Waals surface area (Å²) in [5, 5.41) is 21.8. The summed E-state index contributed by atoms with van der Waals surface area (Å²) < 4.78 is 5.64. The number of phenolic OH excluding ortho intramolecular Hbond substituents is 2. The molecule has 0 spiro atoms. The quantitative estimate of drug-likeness (QED) is 0.769. The summed E-state index contributed by atoms with van der Waals surface area (Å²) in [6.45, 7) is 0.382. The maximum Gasteiger partial charge on any atom is 0.140 e. The van der Waals surface area contributed by atoms with E-state index in [4.69, 9.17) is 4.74 Å². The number of para-hydroxylation sites is 1. The van der Waals surface area contributed by atoms with E-state index in [0.717, 1.165) is 10.8 Å². The van der Waals surface area contributed by atoms with Gasteiger partial charge in [0, 0.05) is 17.0 Å². The van der Waals surface area contributed by atoms with Gasteiger partial charge in [-0.2, -0.15) is 0 Å². The fourth-order valence-electron chi connectivity index (χ4n) is 1.90. The molecular weight excluding hydrogens is 286 g/mol. The highest BCUT2D eigenvalue weighted by Gasteiger charge is 2.10. The largest absolute Gasteiger partial charge is 0.508 e. The van der Waals surface area contributed by atoms with Gasteiger partial charge in [0.1, 0.15) is 28.9 Å². The van der Waals surface area contributed by atoms with Crippen LogP contribution in [0.25, 0.3) is 11.3 Å². The van der Waals surface area contributed by atoms with E-state index in [-0.39, 0.29) is 11.5 Å². The van der Waals surface area contributed by atoms with Crippen LogP contribution in [0.2, 0.25) is 0 Å². The summed E-state index contributed by atoms with van der Waals surface area (Å²) in [7, 11) is 0. The van der Waals surface area contributed by atoms with Gasteiger partial charge >= 0.3 is 0 Å². The van der Waals surface area contributed by atoms with Crippen molar-refractivity contribution in [3.63, 3.8) is 0 Å². The van der Waals surface area contributed by atoms with Crippen LogP contribution in [0, 0.1) is 0 Å². The van der Waals surface area contributed by atoms with Crippen molar-refractivity contribution in [2.45, 2.75) is 6.61 Å². The van der Waals surface area contributed by atoms with E-state index in [1.807, 2.05) is 35.7 Å². The number of aromatic nitrogens is 1. The maximum atomic E-state index is 9.84. The molecular formula is C16H13NO3S. The van der Waals surface area contributed by atoms with Gasteiger partial charge in [0.2, 0.25) is 0 Å². The Kier molecular flexibility index (Phi) is 3.75. The predicted octanol–water partition coefficient (Wildman–Crippen LogP) is 3.80. The molecule has 3 rings (SSSR count). The van der Waals surface area contributed by atoms with Crippen molar-refractivity contribution in [2.75, 3.05) is 0 Å². The smallest absolute Gasteiger partial charge is 0.140 e. The van der Waals surface area contributed by atoms with Crippen LogP contribution in [-0.2, 0) is 6.61 Å². The second-order valence-corrected chi connectivity index (χ2v) is 5.37. The van der Waals surface area contributed by atoms with E-state index < -0.39 is 0 Å². The van der Waals surface area contributed by atoms with Gasteiger partial charge in [-0.05, 0) is 24.3 Å². The number of benzene rings is 2. The predicted molar refractivity (Wildman–Crippen MR) is 81.7 cm³/mol. The maximum absolute atomic E-state index is 9.84. The Bertz CT molecular complexity index is 740. The van der Waals surface area contributed by atoms with Gasteiger partial charge in [-0.25, -0.2) is 4.98 Å². The molecule has 0 radical (unpaired) electrons. The second-order valence-electron chi connectivity index (χ2n) is 4.43. The fourth-order valence-corrected chi connectivity index (χ4v) is 2.60. The Balaban J connectivity index is 1.74. The third-order valence-electron chi connectivity index (χ3n) is 2.91. The Morgan fingerprint density at radius 1 is 1.05 bits per heavy atom.